The van der Waals surface area contributed by atoms with Gasteiger partial charge in [0.25, 0.3) is 0 Å². The summed E-state index contributed by atoms with van der Waals surface area (Å²) < 4.78 is 7.53. The Morgan fingerprint density at radius 2 is 2.27 bits per heavy atom. The Bertz CT molecular complexity index is 763. The SMILES string of the molecule is CC(NC(=O)CSc1nncn1C)c1cc2ccccc2o1. The molecule has 2 heterocycles. The van der Waals surface area contributed by atoms with Crippen molar-refractivity contribution in [2.75, 3.05) is 5.75 Å². The minimum Gasteiger partial charge on any atom is -0.459 e. The van der Waals surface area contributed by atoms with Crippen LogP contribution in [0, 0.1) is 0 Å². The van der Waals surface area contributed by atoms with Crippen molar-refractivity contribution in [1.29, 1.82) is 0 Å². The van der Waals surface area contributed by atoms with E-state index in [1.54, 1.807) is 10.9 Å². The Labute approximate surface area is 131 Å². The van der Waals surface area contributed by atoms with Crippen LogP contribution in [-0.2, 0) is 11.8 Å². The molecule has 6 nitrogen and oxygen atoms in total. The molecule has 1 amide bonds. The highest BCUT2D eigenvalue weighted by Gasteiger charge is 2.15. The summed E-state index contributed by atoms with van der Waals surface area (Å²) >= 11 is 1.35. The van der Waals surface area contributed by atoms with Gasteiger partial charge < -0.3 is 14.3 Å². The minimum absolute atomic E-state index is 0.0686. The number of nitrogens with zero attached hydrogens (tertiary/aromatic N) is 3. The number of hydrogen-bond donors (Lipinski definition) is 1. The van der Waals surface area contributed by atoms with E-state index in [2.05, 4.69) is 15.5 Å². The van der Waals surface area contributed by atoms with E-state index in [4.69, 9.17) is 4.42 Å². The van der Waals surface area contributed by atoms with Gasteiger partial charge in [-0.2, -0.15) is 0 Å². The van der Waals surface area contributed by atoms with E-state index in [1.807, 2.05) is 44.3 Å². The molecule has 0 bridgehead atoms. The number of para-hydroxylation sites is 1. The Hall–Kier alpha value is -2.28. The van der Waals surface area contributed by atoms with E-state index in [9.17, 15) is 4.79 Å². The molecule has 0 aliphatic rings. The molecular weight excluding hydrogens is 300 g/mol. The largest absolute Gasteiger partial charge is 0.459 e. The zero-order valence-corrected chi connectivity index (χ0v) is 13.1. The van der Waals surface area contributed by atoms with Gasteiger partial charge in [-0.3, -0.25) is 4.79 Å². The number of fused-ring (bicyclic) bond motifs is 1. The van der Waals surface area contributed by atoms with Crippen LogP contribution in [0.4, 0.5) is 0 Å². The zero-order valence-electron chi connectivity index (χ0n) is 12.3. The number of hydrogen-bond acceptors (Lipinski definition) is 5. The maximum absolute atomic E-state index is 12.0. The summed E-state index contributed by atoms with van der Waals surface area (Å²) in [5.74, 6) is 0.969. The first-order valence-corrected chi connectivity index (χ1v) is 7.86. The molecule has 0 saturated carbocycles. The molecule has 22 heavy (non-hydrogen) atoms. The van der Waals surface area contributed by atoms with Gasteiger partial charge in [-0.05, 0) is 19.1 Å². The molecule has 0 spiro atoms. The summed E-state index contributed by atoms with van der Waals surface area (Å²) in [6.07, 6.45) is 1.61. The van der Waals surface area contributed by atoms with Crippen molar-refractivity contribution in [1.82, 2.24) is 20.1 Å². The highest BCUT2D eigenvalue weighted by molar-refractivity contribution is 7.99. The first-order valence-electron chi connectivity index (χ1n) is 6.88. The Morgan fingerprint density at radius 3 is 3.00 bits per heavy atom. The van der Waals surface area contributed by atoms with E-state index in [0.717, 1.165) is 16.7 Å². The molecule has 0 radical (unpaired) electrons. The van der Waals surface area contributed by atoms with Crippen molar-refractivity contribution in [3.8, 4) is 0 Å². The molecule has 1 atom stereocenters. The van der Waals surface area contributed by atoms with Crippen molar-refractivity contribution in [2.24, 2.45) is 7.05 Å². The first-order chi connectivity index (χ1) is 10.6. The first kappa shape index (κ1) is 14.6. The van der Waals surface area contributed by atoms with Gasteiger partial charge in [0.05, 0.1) is 11.8 Å². The molecule has 3 rings (SSSR count). The number of furan rings is 1. The van der Waals surface area contributed by atoms with Crippen molar-refractivity contribution in [3.63, 3.8) is 0 Å². The summed E-state index contributed by atoms with van der Waals surface area (Å²) in [6.45, 7) is 1.91. The molecule has 0 fully saturated rings. The predicted octanol–water partition coefficient (Wildman–Crippen LogP) is 2.53. The molecule has 0 aliphatic carbocycles. The van der Waals surface area contributed by atoms with E-state index < -0.39 is 0 Å². The zero-order chi connectivity index (χ0) is 15.5. The molecule has 114 valence electrons. The van der Waals surface area contributed by atoms with Crippen molar-refractivity contribution in [2.45, 2.75) is 18.1 Å². The number of amides is 1. The number of carbonyl (C=O) groups excluding carboxylic acids is 1. The second-order valence-electron chi connectivity index (χ2n) is 4.99. The highest BCUT2D eigenvalue weighted by atomic mass is 32.2. The second-order valence-corrected chi connectivity index (χ2v) is 5.93. The van der Waals surface area contributed by atoms with Crippen LogP contribution in [0.1, 0.15) is 18.7 Å². The van der Waals surface area contributed by atoms with Crippen LogP contribution in [0.2, 0.25) is 0 Å². The molecule has 0 aliphatic heterocycles. The number of thioether (sulfide) groups is 1. The fourth-order valence-electron chi connectivity index (χ4n) is 2.10. The van der Waals surface area contributed by atoms with Gasteiger partial charge >= 0.3 is 0 Å². The van der Waals surface area contributed by atoms with Crippen LogP contribution in [0.3, 0.4) is 0 Å². The van der Waals surface area contributed by atoms with Gasteiger partial charge in [-0.15, -0.1) is 10.2 Å². The summed E-state index contributed by atoms with van der Waals surface area (Å²) in [5, 5.41) is 12.4. The molecule has 1 aromatic carbocycles. The quantitative estimate of drug-likeness (QED) is 0.732. The summed E-state index contributed by atoms with van der Waals surface area (Å²) in [4.78, 5) is 12.0. The molecule has 0 saturated heterocycles. The lowest BCUT2D eigenvalue weighted by atomic mass is 10.2. The average molecular weight is 316 g/mol. The summed E-state index contributed by atoms with van der Waals surface area (Å²) in [5.41, 5.74) is 0.826. The van der Waals surface area contributed by atoms with E-state index in [-0.39, 0.29) is 17.7 Å². The normalized spacial score (nSPS) is 12.5. The lowest BCUT2D eigenvalue weighted by molar-refractivity contribution is -0.119. The van der Waals surface area contributed by atoms with E-state index in [1.165, 1.54) is 11.8 Å². The van der Waals surface area contributed by atoms with E-state index in [0.29, 0.717) is 5.16 Å². The molecule has 3 aromatic rings. The van der Waals surface area contributed by atoms with Gasteiger partial charge in [0.15, 0.2) is 5.16 Å². The maximum Gasteiger partial charge on any atom is 0.231 e. The summed E-state index contributed by atoms with van der Waals surface area (Å²) in [7, 11) is 1.84. The molecule has 7 heteroatoms. The number of benzene rings is 1. The van der Waals surface area contributed by atoms with Gasteiger partial charge in [-0.25, -0.2) is 0 Å². The fraction of sp³-hybridized carbons (Fsp3) is 0.267. The Balaban J connectivity index is 1.59. The van der Waals surface area contributed by atoms with E-state index >= 15 is 0 Å². The maximum atomic E-state index is 12.0. The Morgan fingerprint density at radius 1 is 1.45 bits per heavy atom. The van der Waals surface area contributed by atoms with Gasteiger partial charge in [0.1, 0.15) is 17.7 Å². The number of rotatable bonds is 5. The van der Waals surface area contributed by atoms with Gasteiger partial charge in [0, 0.05) is 12.4 Å². The molecular formula is C15H16N4O2S. The van der Waals surface area contributed by atoms with Crippen molar-refractivity contribution >= 4 is 28.6 Å². The second kappa shape index (κ2) is 6.23. The fourth-order valence-corrected chi connectivity index (χ4v) is 2.80. The lowest BCUT2D eigenvalue weighted by Crippen LogP contribution is -2.28. The smallest absolute Gasteiger partial charge is 0.231 e. The van der Waals surface area contributed by atoms with Crippen molar-refractivity contribution < 1.29 is 9.21 Å². The highest BCUT2D eigenvalue weighted by Crippen LogP contribution is 2.23. The number of aromatic nitrogens is 3. The van der Waals surface area contributed by atoms with Crippen LogP contribution < -0.4 is 5.32 Å². The average Bonchev–Trinajstić information content (AvgIpc) is 3.11. The summed E-state index contributed by atoms with van der Waals surface area (Å²) in [6, 6.07) is 9.56. The van der Waals surface area contributed by atoms with Crippen LogP contribution in [0.25, 0.3) is 11.0 Å². The number of carbonyl (C=O) groups is 1. The standard InChI is InChI=1S/C15H16N4O2S/c1-10(13-7-11-5-3-4-6-12(11)21-13)17-14(20)8-22-15-18-16-9-19(15)2/h3-7,9-10H,8H2,1-2H3,(H,17,20). The number of aryl methyl sites for hydroxylation is 1. The van der Waals surface area contributed by atoms with Crippen LogP contribution >= 0.6 is 11.8 Å². The third-order valence-electron chi connectivity index (χ3n) is 3.25. The van der Waals surface area contributed by atoms with Gasteiger partial charge in [-0.1, -0.05) is 30.0 Å². The van der Waals surface area contributed by atoms with Crippen LogP contribution in [-0.4, -0.2) is 26.4 Å². The van der Waals surface area contributed by atoms with Crippen LogP contribution in [0.5, 0.6) is 0 Å². The third-order valence-corrected chi connectivity index (χ3v) is 4.29. The molecule has 1 N–H and O–H groups in total. The predicted molar refractivity (Wildman–Crippen MR) is 84.5 cm³/mol. The van der Waals surface area contributed by atoms with Crippen molar-refractivity contribution in [3.05, 3.63) is 42.4 Å². The van der Waals surface area contributed by atoms with Gasteiger partial charge in [0.2, 0.25) is 5.91 Å². The minimum atomic E-state index is -0.181. The Kier molecular flexibility index (Phi) is 4.15. The topological polar surface area (TPSA) is 73.0 Å². The third kappa shape index (κ3) is 3.14. The van der Waals surface area contributed by atoms with Crippen LogP contribution in [0.15, 0.2) is 46.2 Å². The molecule has 1 unspecified atom stereocenters. The lowest BCUT2D eigenvalue weighted by Gasteiger charge is -2.10. The monoisotopic (exact) mass is 316 g/mol. The number of nitrogens with one attached hydrogen (secondary N) is 1. The molecule has 2 aromatic heterocycles.